The number of halogens is 1. The number of hydrogen-bond donors (Lipinski definition) is 2. The maximum Gasteiger partial charge on any atom is 0.307 e. The summed E-state index contributed by atoms with van der Waals surface area (Å²) in [5.74, 6) is 0.807. The van der Waals surface area contributed by atoms with Gasteiger partial charge in [0.1, 0.15) is 0 Å². The summed E-state index contributed by atoms with van der Waals surface area (Å²) in [6.45, 7) is 8.32. The van der Waals surface area contributed by atoms with Crippen molar-refractivity contribution >= 4 is 35.9 Å². The van der Waals surface area contributed by atoms with Crippen LogP contribution < -0.4 is 10.6 Å². The summed E-state index contributed by atoms with van der Waals surface area (Å²) in [6, 6.07) is 10.1. The molecule has 0 heterocycles. The number of esters is 1. The number of rotatable bonds is 10. The fraction of sp³-hybridized carbons (Fsp3) is 0.579. The number of hydrogen-bond acceptors (Lipinski definition) is 4. The van der Waals surface area contributed by atoms with Crippen LogP contribution in [0.3, 0.4) is 0 Å². The van der Waals surface area contributed by atoms with Crippen LogP contribution >= 0.6 is 24.0 Å². The minimum Gasteiger partial charge on any atom is -0.463 e. The predicted octanol–water partition coefficient (Wildman–Crippen LogP) is 2.96. The maximum atomic E-state index is 11.5. The van der Waals surface area contributed by atoms with Crippen molar-refractivity contribution in [1.82, 2.24) is 10.6 Å². The topological polar surface area (TPSA) is 72.0 Å². The van der Waals surface area contributed by atoms with Gasteiger partial charge in [-0.2, -0.15) is 0 Å². The Morgan fingerprint density at radius 2 is 1.85 bits per heavy atom. The Morgan fingerprint density at radius 3 is 2.46 bits per heavy atom. The summed E-state index contributed by atoms with van der Waals surface area (Å²) >= 11 is 0. The summed E-state index contributed by atoms with van der Waals surface area (Å²) < 4.78 is 10.8. The molecule has 148 valence electrons. The molecule has 0 radical (unpaired) electrons. The lowest BCUT2D eigenvalue weighted by Crippen LogP contribution is -2.41. The third-order valence-corrected chi connectivity index (χ3v) is 3.34. The second-order valence-electron chi connectivity index (χ2n) is 6.27. The van der Waals surface area contributed by atoms with Gasteiger partial charge in [-0.05, 0) is 25.3 Å². The zero-order valence-electron chi connectivity index (χ0n) is 16.2. The van der Waals surface area contributed by atoms with Crippen LogP contribution in [0.5, 0.6) is 0 Å². The van der Waals surface area contributed by atoms with Gasteiger partial charge in [0.05, 0.1) is 25.7 Å². The molecule has 0 amide bonds. The molecule has 0 aliphatic heterocycles. The summed E-state index contributed by atoms with van der Waals surface area (Å²) in [7, 11) is 1.71. The largest absolute Gasteiger partial charge is 0.463 e. The summed E-state index contributed by atoms with van der Waals surface area (Å²) in [5, 5.41) is 6.35. The predicted molar refractivity (Wildman–Crippen MR) is 116 cm³/mol. The Labute approximate surface area is 174 Å². The van der Waals surface area contributed by atoms with Gasteiger partial charge in [-0.25, -0.2) is 0 Å². The minimum atomic E-state index is -0.208. The fourth-order valence-corrected chi connectivity index (χ4v) is 2.11. The van der Waals surface area contributed by atoms with E-state index in [9.17, 15) is 4.79 Å². The van der Waals surface area contributed by atoms with Crippen molar-refractivity contribution in [3.8, 4) is 0 Å². The number of nitrogens with zero attached hydrogens (tertiary/aromatic N) is 1. The average molecular weight is 477 g/mol. The molecule has 0 saturated carbocycles. The van der Waals surface area contributed by atoms with Gasteiger partial charge in [-0.15, -0.1) is 24.0 Å². The highest BCUT2D eigenvalue weighted by atomic mass is 127. The summed E-state index contributed by atoms with van der Waals surface area (Å²) in [4.78, 5) is 15.6. The van der Waals surface area contributed by atoms with Crippen molar-refractivity contribution < 1.29 is 14.3 Å². The van der Waals surface area contributed by atoms with E-state index in [-0.39, 0.29) is 36.0 Å². The Morgan fingerprint density at radius 1 is 1.15 bits per heavy atom. The number of guanidine groups is 1. The normalized spacial score (nSPS) is 12.3. The van der Waals surface area contributed by atoms with Gasteiger partial charge in [-0.1, -0.05) is 37.3 Å². The van der Waals surface area contributed by atoms with E-state index in [0.29, 0.717) is 38.1 Å². The molecule has 6 nitrogen and oxygen atoms in total. The van der Waals surface area contributed by atoms with E-state index in [4.69, 9.17) is 9.47 Å². The van der Waals surface area contributed by atoms with Gasteiger partial charge in [0.25, 0.3) is 0 Å². The van der Waals surface area contributed by atoms with E-state index < -0.39 is 0 Å². The lowest BCUT2D eigenvalue weighted by molar-refractivity contribution is -0.147. The van der Waals surface area contributed by atoms with Crippen LogP contribution in [0, 0.1) is 5.92 Å². The molecule has 0 fully saturated rings. The van der Waals surface area contributed by atoms with Crippen molar-refractivity contribution in [2.75, 3.05) is 26.7 Å². The van der Waals surface area contributed by atoms with Crippen molar-refractivity contribution in [2.24, 2.45) is 10.9 Å². The number of nitrogens with one attached hydrogen (secondary N) is 2. The molecular weight excluding hydrogens is 445 g/mol. The first kappa shape index (κ1) is 24.7. The molecule has 1 atom stereocenters. The number of ether oxygens (including phenoxy) is 2. The second kappa shape index (κ2) is 14.8. The molecular formula is C19H32IN3O3. The molecule has 0 aliphatic rings. The molecule has 7 heteroatoms. The number of carbonyl (C=O) groups is 1. The Balaban J connectivity index is 0.00000625. The molecule has 0 bridgehead atoms. The first-order valence-corrected chi connectivity index (χ1v) is 8.77. The van der Waals surface area contributed by atoms with Crippen LogP contribution in [-0.4, -0.2) is 44.8 Å². The van der Waals surface area contributed by atoms with E-state index in [1.165, 1.54) is 5.56 Å². The average Bonchev–Trinajstić information content (AvgIpc) is 2.58. The van der Waals surface area contributed by atoms with Gasteiger partial charge in [-0.3, -0.25) is 9.79 Å². The van der Waals surface area contributed by atoms with Crippen LogP contribution in [0.1, 0.15) is 32.8 Å². The van der Waals surface area contributed by atoms with E-state index in [1.54, 1.807) is 7.05 Å². The zero-order chi connectivity index (χ0) is 18.5. The van der Waals surface area contributed by atoms with E-state index >= 15 is 0 Å². The molecule has 26 heavy (non-hydrogen) atoms. The number of benzene rings is 1. The minimum absolute atomic E-state index is 0. The Bertz CT molecular complexity index is 524. The first-order valence-electron chi connectivity index (χ1n) is 8.77. The molecule has 1 aromatic rings. The fourth-order valence-electron chi connectivity index (χ4n) is 2.11. The molecule has 1 unspecified atom stereocenters. The molecule has 1 rings (SSSR count). The van der Waals surface area contributed by atoms with Crippen LogP contribution in [0.4, 0.5) is 0 Å². The van der Waals surface area contributed by atoms with Gasteiger partial charge >= 0.3 is 5.97 Å². The third-order valence-electron chi connectivity index (χ3n) is 3.34. The zero-order valence-corrected chi connectivity index (χ0v) is 18.5. The highest BCUT2D eigenvalue weighted by Gasteiger charge is 2.07. The summed E-state index contributed by atoms with van der Waals surface area (Å²) in [5.41, 5.74) is 1.17. The Kier molecular flexibility index (Phi) is 14.0. The smallest absolute Gasteiger partial charge is 0.307 e. The second-order valence-corrected chi connectivity index (χ2v) is 6.27. The monoisotopic (exact) mass is 477 g/mol. The quantitative estimate of drug-likeness (QED) is 0.235. The molecule has 0 aliphatic carbocycles. The maximum absolute atomic E-state index is 11.5. The van der Waals surface area contributed by atoms with Crippen molar-refractivity contribution in [1.29, 1.82) is 0 Å². The van der Waals surface area contributed by atoms with Crippen LogP contribution in [0.2, 0.25) is 0 Å². The van der Waals surface area contributed by atoms with Gasteiger partial charge in [0.15, 0.2) is 5.96 Å². The first-order chi connectivity index (χ1) is 12.0. The third kappa shape index (κ3) is 12.1. The van der Waals surface area contributed by atoms with Crippen LogP contribution in [0.25, 0.3) is 0 Å². The highest BCUT2D eigenvalue weighted by Crippen LogP contribution is 2.02. The van der Waals surface area contributed by atoms with E-state index in [2.05, 4.69) is 34.7 Å². The SMILES string of the molecule is CN=C(NCCC(=O)OC(C)C)NCC(C)COCc1ccccc1.I. The molecule has 1 aromatic carbocycles. The molecule has 2 N–H and O–H groups in total. The number of aliphatic imine (C=N–C) groups is 1. The van der Waals surface area contributed by atoms with Crippen molar-refractivity contribution in [2.45, 2.75) is 39.9 Å². The van der Waals surface area contributed by atoms with Gasteiger partial charge < -0.3 is 20.1 Å². The van der Waals surface area contributed by atoms with Crippen molar-refractivity contribution in [3.63, 3.8) is 0 Å². The number of carbonyl (C=O) groups excluding carboxylic acids is 1. The van der Waals surface area contributed by atoms with Crippen molar-refractivity contribution in [3.05, 3.63) is 35.9 Å². The molecule has 0 spiro atoms. The van der Waals surface area contributed by atoms with Gasteiger partial charge in [0.2, 0.25) is 0 Å². The van der Waals surface area contributed by atoms with E-state index in [0.717, 1.165) is 6.54 Å². The van der Waals surface area contributed by atoms with Crippen LogP contribution in [-0.2, 0) is 20.9 Å². The molecule has 0 saturated heterocycles. The Hall–Kier alpha value is -1.35. The van der Waals surface area contributed by atoms with E-state index in [1.807, 2.05) is 32.0 Å². The summed E-state index contributed by atoms with van der Waals surface area (Å²) in [6.07, 6.45) is 0.232. The highest BCUT2D eigenvalue weighted by molar-refractivity contribution is 14.0. The molecule has 0 aromatic heterocycles. The lowest BCUT2D eigenvalue weighted by Gasteiger charge is -2.16. The lowest BCUT2D eigenvalue weighted by atomic mass is 10.2. The van der Waals surface area contributed by atoms with Crippen LogP contribution in [0.15, 0.2) is 35.3 Å². The van der Waals surface area contributed by atoms with Gasteiger partial charge in [0, 0.05) is 20.1 Å². The standard InChI is InChI=1S/C19H31N3O3.HI/c1-15(2)25-18(23)10-11-21-19(20-4)22-12-16(3)13-24-14-17-8-6-5-7-9-17;/h5-9,15-16H,10-14H2,1-4H3,(H2,20,21,22);1H.